The topological polar surface area (TPSA) is 29.5 Å². The van der Waals surface area contributed by atoms with Crippen LogP contribution >= 0.6 is 11.8 Å². The van der Waals surface area contributed by atoms with Gasteiger partial charge in [0, 0.05) is 31.2 Å². The van der Waals surface area contributed by atoms with E-state index >= 15 is 0 Å². The molecule has 0 saturated carbocycles. The lowest BCUT2D eigenvalue weighted by Gasteiger charge is -2.19. The van der Waals surface area contributed by atoms with Crippen LogP contribution in [0.25, 0.3) is 0 Å². The van der Waals surface area contributed by atoms with Gasteiger partial charge in [-0.25, -0.2) is 0 Å². The van der Waals surface area contributed by atoms with E-state index < -0.39 is 0 Å². The molecule has 0 aromatic heterocycles. The fourth-order valence-corrected chi connectivity index (χ4v) is 3.40. The summed E-state index contributed by atoms with van der Waals surface area (Å²) < 4.78 is 4.91. The second kappa shape index (κ2) is 6.81. The first-order valence-corrected chi connectivity index (χ1v) is 7.29. The summed E-state index contributed by atoms with van der Waals surface area (Å²) in [6.07, 6.45) is 1.02. The van der Waals surface area contributed by atoms with E-state index in [2.05, 4.69) is 24.3 Å². The maximum Gasteiger partial charge on any atom is 0.248 e. The van der Waals surface area contributed by atoms with Gasteiger partial charge in [0.15, 0.2) is 0 Å². The summed E-state index contributed by atoms with van der Waals surface area (Å²) in [5.41, 5.74) is 1.36. The summed E-state index contributed by atoms with van der Waals surface area (Å²) in [6, 6.07) is 10.5. The summed E-state index contributed by atoms with van der Waals surface area (Å²) in [6.45, 7) is 1.85. The van der Waals surface area contributed by atoms with Crippen LogP contribution in [-0.2, 0) is 9.53 Å². The van der Waals surface area contributed by atoms with Crippen LogP contribution in [0.1, 0.15) is 17.2 Å². The summed E-state index contributed by atoms with van der Waals surface area (Å²) in [5, 5.41) is 0.506. The number of hydrogen-bond acceptors (Lipinski definition) is 3. The summed E-state index contributed by atoms with van der Waals surface area (Å²) in [5.74, 6) is 1.10. The quantitative estimate of drug-likeness (QED) is 0.840. The van der Waals surface area contributed by atoms with Crippen LogP contribution in [0.5, 0.6) is 0 Å². The van der Waals surface area contributed by atoms with Gasteiger partial charge in [0.2, 0.25) is 5.91 Å². The molecule has 1 atom stereocenters. The van der Waals surface area contributed by atoms with Crippen molar-refractivity contribution in [2.24, 2.45) is 0 Å². The number of thioether (sulfide) groups is 1. The van der Waals surface area contributed by atoms with E-state index in [9.17, 15) is 4.79 Å². The second-order valence-electron chi connectivity index (χ2n) is 4.37. The van der Waals surface area contributed by atoms with Crippen molar-refractivity contribution in [1.82, 2.24) is 4.90 Å². The van der Waals surface area contributed by atoms with Crippen LogP contribution in [0.3, 0.4) is 0 Å². The van der Waals surface area contributed by atoms with Gasteiger partial charge in [-0.1, -0.05) is 30.3 Å². The van der Waals surface area contributed by atoms with Gasteiger partial charge in [-0.05, 0) is 12.0 Å². The summed E-state index contributed by atoms with van der Waals surface area (Å²) in [7, 11) is 1.57. The van der Waals surface area contributed by atoms with Crippen molar-refractivity contribution >= 4 is 17.7 Å². The van der Waals surface area contributed by atoms with Crippen LogP contribution < -0.4 is 0 Å². The van der Waals surface area contributed by atoms with Gasteiger partial charge in [-0.3, -0.25) is 4.79 Å². The maximum atomic E-state index is 11.8. The number of amides is 1. The number of benzene rings is 1. The van der Waals surface area contributed by atoms with Crippen molar-refractivity contribution in [3.63, 3.8) is 0 Å². The number of methoxy groups -OCH3 is 1. The molecule has 1 aromatic carbocycles. The van der Waals surface area contributed by atoms with Gasteiger partial charge < -0.3 is 9.64 Å². The molecule has 0 bridgehead atoms. The molecule has 0 N–H and O–H groups in total. The molecular formula is C14H19NO2S. The minimum atomic E-state index is 0.104. The normalized spacial score (nSPS) is 20.5. The fourth-order valence-electron chi connectivity index (χ4n) is 2.17. The molecule has 1 amide bonds. The van der Waals surface area contributed by atoms with Gasteiger partial charge in [0.05, 0.1) is 0 Å². The molecule has 18 heavy (non-hydrogen) atoms. The molecule has 0 aliphatic carbocycles. The second-order valence-corrected chi connectivity index (χ2v) is 5.68. The van der Waals surface area contributed by atoms with E-state index in [4.69, 9.17) is 4.74 Å². The average Bonchev–Trinajstić information content (AvgIpc) is 2.66. The molecular weight excluding hydrogens is 246 g/mol. The molecule has 98 valence electrons. The highest BCUT2D eigenvalue weighted by Gasteiger charge is 2.21. The van der Waals surface area contributed by atoms with Crippen LogP contribution in [0.15, 0.2) is 30.3 Å². The molecule has 1 aliphatic rings. The minimum absolute atomic E-state index is 0.104. The van der Waals surface area contributed by atoms with E-state index in [0.717, 1.165) is 25.3 Å². The Morgan fingerprint density at radius 2 is 2.17 bits per heavy atom. The predicted molar refractivity (Wildman–Crippen MR) is 74.7 cm³/mol. The number of rotatable bonds is 3. The SMILES string of the molecule is COCC(=O)N1CCS[C@@H](c2ccccc2)CC1. The fraction of sp³-hybridized carbons (Fsp3) is 0.500. The molecule has 1 fully saturated rings. The number of ether oxygens (including phenoxy) is 1. The van der Waals surface area contributed by atoms with Crippen LogP contribution in [0.2, 0.25) is 0 Å². The number of carbonyl (C=O) groups excluding carboxylic acids is 1. The summed E-state index contributed by atoms with van der Waals surface area (Å²) in [4.78, 5) is 13.7. The first-order chi connectivity index (χ1) is 8.81. The molecule has 4 heteroatoms. The lowest BCUT2D eigenvalue weighted by atomic mass is 10.1. The van der Waals surface area contributed by atoms with Crippen molar-refractivity contribution in [3.05, 3.63) is 35.9 Å². The number of nitrogens with zero attached hydrogens (tertiary/aromatic N) is 1. The zero-order chi connectivity index (χ0) is 12.8. The first-order valence-electron chi connectivity index (χ1n) is 6.24. The van der Waals surface area contributed by atoms with Crippen molar-refractivity contribution in [3.8, 4) is 0 Å². The van der Waals surface area contributed by atoms with Crippen LogP contribution in [0.4, 0.5) is 0 Å². The van der Waals surface area contributed by atoms with Crippen molar-refractivity contribution in [2.75, 3.05) is 32.6 Å². The third kappa shape index (κ3) is 3.50. The molecule has 0 unspecified atom stereocenters. The standard InChI is InChI=1S/C14H19NO2S/c1-17-11-14(16)15-8-7-13(18-10-9-15)12-5-3-2-4-6-12/h2-6,13H,7-11H2,1H3/t13-/m1/s1. The van der Waals surface area contributed by atoms with Gasteiger partial charge in [-0.15, -0.1) is 0 Å². The lowest BCUT2D eigenvalue weighted by Crippen LogP contribution is -2.35. The van der Waals surface area contributed by atoms with Gasteiger partial charge >= 0.3 is 0 Å². The Kier molecular flexibility index (Phi) is 5.08. The largest absolute Gasteiger partial charge is 0.375 e. The van der Waals surface area contributed by atoms with Crippen LogP contribution in [0, 0.1) is 0 Å². The third-order valence-electron chi connectivity index (χ3n) is 3.13. The van der Waals surface area contributed by atoms with Gasteiger partial charge in [-0.2, -0.15) is 11.8 Å². The van der Waals surface area contributed by atoms with E-state index in [1.165, 1.54) is 5.56 Å². The van der Waals surface area contributed by atoms with Crippen molar-refractivity contribution in [2.45, 2.75) is 11.7 Å². The maximum absolute atomic E-state index is 11.8. The van der Waals surface area contributed by atoms with Crippen LogP contribution in [-0.4, -0.2) is 43.4 Å². The molecule has 3 nitrogen and oxygen atoms in total. The average molecular weight is 265 g/mol. The molecule has 1 aliphatic heterocycles. The zero-order valence-corrected chi connectivity index (χ0v) is 11.5. The molecule has 1 heterocycles. The van der Waals surface area contributed by atoms with Gasteiger partial charge in [0.1, 0.15) is 6.61 Å². The Morgan fingerprint density at radius 3 is 2.89 bits per heavy atom. The Bertz CT molecular complexity index is 383. The Labute approximate surface area is 113 Å². The molecule has 0 radical (unpaired) electrons. The first kappa shape index (κ1) is 13.4. The smallest absolute Gasteiger partial charge is 0.248 e. The Hall–Kier alpha value is -1.00. The molecule has 1 saturated heterocycles. The minimum Gasteiger partial charge on any atom is -0.375 e. The lowest BCUT2D eigenvalue weighted by molar-refractivity contribution is -0.134. The summed E-state index contributed by atoms with van der Waals surface area (Å²) >= 11 is 1.94. The molecule has 0 spiro atoms. The van der Waals surface area contributed by atoms with Crippen molar-refractivity contribution < 1.29 is 9.53 Å². The molecule has 2 rings (SSSR count). The van der Waals surface area contributed by atoms with Crippen molar-refractivity contribution in [1.29, 1.82) is 0 Å². The number of carbonyl (C=O) groups is 1. The Morgan fingerprint density at radius 1 is 1.39 bits per heavy atom. The highest BCUT2D eigenvalue weighted by molar-refractivity contribution is 7.99. The van der Waals surface area contributed by atoms with Gasteiger partial charge in [0.25, 0.3) is 0 Å². The zero-order valence-electron chi connectivity index (χ0n) is 10.7. The van der Waals surface area contributed by atoms with E-state index in [-0.39, 0.29) is 12.5 Å². The third-order valence-corrected chi connectivity index (χ3v) is 4.46. The highest BCUT2D eigenvalue weighted by Crippen LogP contribution is 2.34. The molecule has 1 aromatic rings. The monoisotopic (exact) mass is 265 g/mol. The van der Waals surface area contributed by atoms with E-state index in [0.29, 0.717) is 5.25 Å². The number of hydrogen-bond donors (Lipinski definition) is 0. The van der Waals surface area contributed by atoms with E-state index in [1.54, 1.807) is 7.11 Å². The van der Waals surface area contributed by atoms with E-state index in [1.807, 2.05) is 22.7 Å². The highest BCUT2D eigenvalue weighted by atomic mass is 32.2. The Balaban J connectivity index is 1.94. The predicted octanol–water partition coefficient (Wildman–Crippen LogP) is 2.34.